The Balaban J connectivity index is 1.93. The van der Waals surface area contributed by atoms with Gasteiger partial charge >= 0.3 is 0 Å². The molecule has 1 aliphatic heterocycles. The molecule has 1 heterocycles. The minimum Gasteiger partial charge on any atom is -0.494 e. The van der Waals surface area contributed by atoms with Crippen molar-refractivity contribution in [1.82, 2.24) is 0 Å². The summed E-state index contributed by atoms with van der Waals surface area (Å²) in [6.45, 7) is 11.4. The number of nitrogens with one attached hydrogen (secondary N) is 2. The zero-order valence-electron chi connectivity index (χ0n) is 14.2. The van der Waals surface area contributed by atoms with Gasteiger partial charge in [0.15, 0.2) is 6.04 Å². The summed E-state index contributed by atoms with van der Waals surface area (Å²) in [5.41, 5.74) is 0.831. The third kappa shape index (κ3) is 4.47. The van der Waals surface area contributed by atoms with Gasteiger partial charge in [-0.25, -0.2) is 0 Å². The number of hydrogen-bond acceptors (Lipinski definition) is 2. The van der Waals surface area contributed by atoms with Crippen molar-refractivity contribution >= 4 is 11.6 Å². The third-order valence-corrected chi connectivity index (χ3v) is 4.46. The highest BCUT2D eigenvalue weighted by atomic mass is 16.5. The lowest BCUT2D eigenvalue weighted by Crippen LogP contribution is -3.18. The van der Waals surface area contributed by atoms with Crippen LogP contribution in [0.1, 0.15) is 34.1 Å². The van der Waals surface area contributed by atoms with E-state index in [2.05, 4.69) is 19.2 Å². The highest BCUT2D eigenvalue weighted by Crippen LogP contribution is 2.16. The molecular formula is C18H29N2O2+. The molecule has 1 unspecified atom stereocenters. The summed E-state index contributed by atoms with van der Waals surface area (Å²) in [6.07, 6.45) is 1.27. The minimum atomic E-state index is -0.0169. The number of benzene rings is 1. The number of rotatable bonds is 5. The molecule has 0 aromatic heterocycles. The van der Waals surface area contributed by atoms with Gasteiger partial charge in [-0.3, -0.25) is 4.79 Å². The summed E-state index contributed by atoms with van der Waals surface area (Å²) in [6, 6.07) is 7.55. The Bertz CT molecular complexity index is 476. The quantitative estimate of drug-likeness (QED) is 0.873. The lowest BCUT2D eigenvalue weighted by atomic mass is 9.91. The van der Waals surface area contributed by atoms with Gasteiger partial charge < -0.3 is 15.0 Å². The fourth-order valence-corrected chi connectivity index (χ4v) is 3.42. The van der Waals surface area contributed by atoms with Crippen LogP contribution in [0.5, 0.6) is 5.75 Å². The second kappa shape index (κ2) is 7.63. The van der Waals surface area contributed by atoms with Crippen LogP contribution in [-0.2, 0) is 4.79 Å². The number of anilines is 1. The van der Waals surface area contributed by atoms with Gasteiger partial charge in [0, 0.05) is 17.5 Å². The molecule has 1 amide bonds. The zero-order valence-corrected chi connectivity index (χ0v) is 14.2. The molecular weight excluding hydrogens is 276 g/mol. The highest BCUT2D eigenvalue weighted by molar-refractivity contribution is 5.93. The Morgan fingerprint density at radius 3 is 2.41 bits per heavy atom. The van der Waals surface area contributed by atoms with Crippen molar-refractivity contribution in [2.75, 3.05) is 25.0 Å². The van der Waals surface area contributed by atoms with Crippen LogP contribution in [0.2, 0.25) is 0 Å². The summed E-state index contributed by atoms with van der Waals surface area (Å²) in [5, 5.41) is 3.02. The van der Waals surface area contributed by atoms with Gasteiger partial charge in [-0.1, -0.05) is 13.8 Å². The van der Waals surface area contributed by atoms with Crippen LogP contribution in [0.4, 0.5) is 5.69 Å². The van der Waals surface area contributed by atoms with Gasteiger partial charge in [-0.05, 0) is 44.5 Å². The monoisotopic (exact) mass is 305 g/mol. The summed E-state index contributed by atoms with van der Waals surface area (Å²) in [7, 11) is 0. The van der Waals surface area contributed by atoms with E-state index in [1.807, 2.05) is 38.1 Å². The molecule has 4 atom stereocenters. The van der Waals surface area contributed by atoms with Crippen LogP contribution in [0, 0.1) is 11.8 Å². The van der Waals surface area contributed by atoms with E-state index in [1.54, 1.807) is 0 Å². The third-order valence-electron chi connectivity index (χ3n) is 4.46. The average molecular weight is 305 g/mol. The van der Waals surface area contributed by atoms with E-state index >= 15 is 0 Å². The molecule has 4 heteroatoms. The second-order valence-corrected chi connectivity index (χ2v) is 6.68. The molecule has 1 aromatic carbocycles. The Labute approximate surface area is 133 Å². The van der Waals surface area contributed by atoms with E-state index < -0.39 is 0 Å². The molecule has 22 heavy (non-hydrogen) atoms. The fourth-order valence-electron chi connectivity index (χ4n) is 3.42. The summed E-state index contributed by atoms with van der Waals surface area (Å²) < 4.78 is 5.42. The van der Waals surface area contributed by atoms with Crippen LogP contribution < -0.4 is 15.0 Å². The number of piperidine rings is 1. The van der Waals surface area contributed by atoms with E-state index in [1.165, 1.54) is 11.3 Å². The molecule has 0 saturated carbocycles. The smallest absolute Gasteiger partial charge is 0.282 e. The van der Waals surface area contributed by atoms with Crippen molar-refractivity contribution in [1.29, 1.82) is 0 Å². The number of quaternary nitrogens is 1. The van der Waals surface area contributed by atoms with E-state index in [4.69, 9.17) is 4.74 Å². The predicted octanol–water partition coefficient (Wildman–Crippen LogP) is 1.97. The molecule has 2 N–H and O–H groups in total. The molecule has 2 rings (SSSR count). The molecule has 1 saturated heterocycles. The predicted molar refractivity (Wildman–Crippen MR) is 89.3 cm³/mol. The molecule has 0 aliphatic carbocycles. The van der Waals surface area contributed by atoms with Crippen molar-refractivity contribution in [2.45, 2.75) is 40.2 Å². The minimum absolute atomic E-state index is 0.0169. The number of carbonyl (C=O) groups excluding carboxylic acids is 1. The first-order valence-electron chi connectivity index (χ1n) is 8.37. The number of carbonyl (C=O) groups is 1. The Kier molecular flexibility index (Phi) is 5.83. The molecule has 1 fully saturated rings. The van der Waals surface area contributed by atoms with Crippen LogP contribution in [-0.4, -0.2) is 31.6 Å². The number of hydrogen-bond donors (Lipinski definition) is 2. The van der Waals surface area contributed by atoms with Gasteiger partial charge in [0.1, 0.15) is 5.75 Å². The number of amides is 1. The van der Waals surface area contributed by atoms with Gasteiger partial charge in [0.05, 0.1) is 19.7 Å². The first-order valence-corrected chi connectivity index (χ1v) is 8.37. The second-order valence-electron chi connectivity index (χ2n) is 6.68. The topological polar surface area (TPSA) is 42.8 Å². The normalized spacial score (nSPS) is 26.3. The Morgan fingerprint density at radius 1 is 1.27 bits per heavy atom. The Hall–Kier alpha value is -1.55. The first-order chi connectivity index (χ1) is 10.5. The van der Waals surface area contributed by atoms with E-state index in [9.17, 15) is 4.79 Å². The molecule has 0 radical (unpaired) electrons. The van der Waals surface area contributed by atoms with Gasteiger partial charge in [0.25, 0.3) is 5.91 Å². The average Bonchev–Trinajstić information content (AvgIpc) is 2.47. The van der Waals surface area contributed by atoms with Crippen molar-refractivity contribution in [3.05, 3.63) is 24.3 Å². The van der Waals surface area contributed by atoms with Crippen molar-refractivity contribution in [3.8, 4) is 5.75 Å². The van der Waals surface area contributed by atoms with E-state index in [0.29, 0.717) is 18.4 Å². The van der Waals surface area contributed by atoms with Crippen molar-refractivity contribution in [3.63, 3.8) is 0 Å². The van der Waals surface area contributed by atoms with Crippen LogP contribution in [0.25, 0.3) is 0 Å². The van der Waals surface area contributed by atoms with Gasteiger partial charge in [-0.15, -0.1) is 0 Å². The highest BCUT2D eigenvalue weighted by Gasteiger charge is 2.32. The maximum atomic E-state index is 12.5. The summed E-state index contributed by atoms with van der Waals surface area (Å²) in [4.78, 5) is 13.9. The zero-order chi connectivity index (χ0) is 16.1. The fraction of sp³-hybridized carbons (Fsp3) is 0.611. The standard InChI is InChI=1S/C18H28N2O2/c1-5-22-17-8-6-16(7-9-17)19-18(21)15(4)20-11-13(2)10-14(3)12-20/h6-9,13-15H,5,10-12H2,1-4H3,(H,19,21)/p+1/t13-,14+,15-/m1/s1. The molecule has 1 aromatic rings. The first kappa shape index (κ1) is 16.8. The van der Waals surface area contributed by atoms with Crippen molar-refractivity contribution in [2.24, 2.45) is 11.8 Å². The SMILES string of the molecule is CCOc1ccc(NC(=O)[C@@H](C)[NH+]2C[C@H](C)C[C@H](C)C2)cc1. The van der Waals surface area contributed by atoms with E-state index in [0.717, 1.165) is 24.5 Å². The lowest BCUT2D eigenvalue weighted by Gasteiger charge is -2.35. The van der Waals surface area contributed by atoms with Crippen LogP contribution in [0.15, 0.2) is 24.3 Å². The molecule has 4 nitrogen and oxygen atoms in total. The number of likely N-dealkylation sites (tertiary alicyclic amines) is 1. The summed E-state index contributed by atoms with van der Waals surface area (Å²) >= 11 is 0. The maximum Gasteiger partial charge on any atom is 0.282 e. The molecule has 0 spiro atoms. The van der Waals surface area contributed by atoms with Gasteiger partial charge in [0.2, 0.25) is 0 Å². The largest absolute Gasteiger partial charge is 0.494 e. The van der Waals surface area contributed by atoms with Crippen LogP contribution in [0.3, 0.4) is 0 Å². The summed E-state index contributed by atoms with van der Waals surface area (Å²) in [5.74, 6) is 2.32. The Morgan fingerprint density at radius 2 is 1.86 bits per heavy atom. The lowest BCUT2D eigenvalue weighted by molar-refractivity contribution is -0.925. The number of ether oxygens (including phenoxy) is 1. The molecule has 1 aliphatic rings. The van der Waals surface area contributed by atoms with Crippen LogP contribution >= 0.6 is 0 Å². The van der Waals surface area contributed by atoms with Crippen molar-refractivity contribution < 1.29 is 14.4 Å². The molecule has 122 valence electrons. The van der Waals surface area contributed by atoms with Gasteiger partial charge in [-0.2, -0.15) is 0 Å². The molecule has 0 bridgehead atoms. The maximum absolute atomic E-state index is 12.5. The van der Waals surface area contributed by atoms with E-state index in [-0.39, 0.29) is 11.9 Å².